The summed E-state index contributed by atoms with van der Waals surface area (Å²) in [6.07, 6.45) is 0.749. The molecule has 0 radical (unpaired) electrons. The van der Waals surface area contributed by atoms with Crippen LogP contribution in [-0.2, 0) is 6.42 Å². The van der Waals surface area contributed by atoms with Crippen LogP contribution in [0.5, 0.6) is 11.5 Å². The lowest BCUT2D eigenvalue weighted by Crippen LogP contribution is -2.51. The van der Waals surface area contributed by atoms with Gasteiger partial charge in [0.15, 0.2) is 17.3 Å². The van der Waals surface area contributed by atoms with Gasteiger partial charge in [0.2, 0.25) is 0 Å². The Labute approximate surface area is 147 Å². The van der Waals surface area contributed by atoms with E-state index in [1.165, 1.54) is 0 Å². The van der Waals surface area contributed by atoms with E-state index in [1.807, 2.05) is 19.1 Å². The number of carbonyl (C=O) groups is 1. The zero-order chi connectivity index (χ0) is 18.2. The summed E-state index contributed by atoms with van der Waals surface area (Å²) in [6.45, 7) is 15.6. The lowest BCUT2D eigenvalue weighted by atomic mass is 10.1. The molecule has 0 N–H and O–H groups in total. The van der Waals surface area contributed by atoms with Crippen molar-refractivity contribution >= 4 is 14.1 Å². The van der Waals surface area contributed by atoms with Crippen LogP contribution >= 0.6 is 0 Å². The highest BCUT2D eigenvalue weighted by molar-refractivity contribution is 6.78. The number of hydrogen-bond acceptors (Lipinski definition) is 3. The minimum Gasteiger partial charge on any atom is -0.540 e. The summed E-state index contributed by atoms with van der Waals surface area (Å²) in [5.41, 5.74) is 3.30. The number of Topliss-reactive ketones (excluding diaryl/α,β-unsaturated/α-hetero) is 1. The molecule has 0 fully saturated rings. The van der Waals surface area contributed by atoms with Crippen LogP contribution in [0.3, 0.4) is 0 Å². The van der Waals surface area contributed by atoms with Crippen LogP contribution < -0.4 is 9.16 Å². The van der Waals surface area contributed by atoms with E-state index in [4.69, 9.17) is 9.16 Å². The highest BCUT2D eigenvalue weighted by Crippen LogP contribution is 2.48. The Hall–Kier alpha value is -1.29. The van der Waals surface area contributed by atoms with Crippen molar-refractivity contribution in [3.63, 3.8) is 0 Å². The third-order valence-electron chi connectivity index (χ3n) is 5.65. The van der Waals surface area contributed by atoms with E-state index in [-0.39, 0.29) is 11.7 Å². The molecule has 1 unspecified atom stereocenters. The first-order chi connectivity index (χ1) is 11.2. The zero-order valence-corrected chi connectivity index (χ0v) is 17.4. The molecule has 1 aliphatic carbocycles. The monoisotopic (exact) mass is 348 g/mol. The Morgan fingerprint density at radius 3 is 2.04 bits per heavy atom. The normalized spacial score (nSPS) is 17.8. The Morgan fingerprint density at radius 2 is 1.58 bits per heavy atom. The molecule has 134 valence electrons. The van der Waals surface area contributed by atoms with Gasteiger partial charge in [-0.25, -0.2) is 0 Å². The number of ketones is 1. The molecule has 0 aromatic heterocycles. The summed E-state index contributed by atoms with van der Waals surface area (Å²) < 4.78 is 12.5. The number of rotatable bonds is 6. The molecular formula is C20H32O3Si. The minimum absolute atomic E-state index is 0.0303. The van der Waals surface area contributed by atoms with E-state index in [2.05, 4.69) is 41.5 Å². The molecule has 0 aliphatic heterocycles. The Bertz CT molecular complexity index is 598. The van der Waals surface area contributed by atoms with Gasteiger partial charge in [-0.3, -0.25) is 4.79 Å². The van der Waals surface area contributed by atoms with Crippen molar-refractivity contribution in [1.82, 2.24) is 0 Å². The molecule has 4 heteroatoms. The van der Waals surface area contributed by atoms with Gasteiger partial charge in [-0.1, -0.05) is 48.5 Å². The summed E-state index contributed by atoms with van der Waals surface area (Å²) in [5, 5.41) is 0. The molecule has 0 spiro atoms. The molecular weight excluding hydrogens is 316 g/mol. The Morgan fingerprint density at radius 1 is 1.04 bits per heavy atom. The maximum atomic E-state index is 12.4. The van der Waals surface area contributed by atoms with Gasteiger partial charge in [-0.05, 0) is 35.2 Å². The maximum Gasteiger partial charge on any atom is 0.258 e. The summed E-state index contributed by atoms with van der Waals surface area (Å²) in [7, 11) is -0.415. The largest absolute Gasteiger partial charge is 0.540 e. The fourth-order valence-electron chi connectivity index (χ4n) is 4.51. The van der Waals surface area contributed by atoms with E-state index in [9.17, 15) is 4.79 Å². The lowest BCUT2D eigenvalue weighted by molar-refractivity contribution is 0.0946. The quantitative estimate of drug-likeness (QED) is 0.625. The van der Waals surface area contributed by atoms with E-state index < -0.39 is 8.32 Å². The highest BCUT2D eigenvalue weighted by atomic mass is 28.4. The van der Waals surface area contributed by atoms with Gasteiger partial charge in [0.05, 0.1) is 7.11 Å². The van der Waals surface area contributed by atoms with E-state index >= 15 is 0 Å². The number of methoxy groups -OCH3 is 1. The van der Waals surface area contributed by atoms with Crippen LogP contribution in [0.1, 0.15) is 64.4 Å². The number of fused-ring (bicyclic) bond motifs is 1. The fraction of sp³-hybridized carbons (Fsp3) is 0.650. The predicted octanol–water partition coefficient (Wildman–Crippen LogP) is 5.62. The van der Waals surface area contributed by atoms with E-state index in [1.54, 1.807) is 7.11 Å². The number of ether oxygens (including phenoxy) is 1. The van der Waals surface area contributed by atoms with Gasteiger partial charge in [0, 0.05) is 17.0 Å². The first kappa shape index (κ1) is 19.0. The molecule has 0 saturated carbocycles. The zero-order valence-electron chi connectivity index (χ0n) is 16.4. The lowest BCUT2D eigenvalue weighted by Gasteiger charge is -2.42. The molecule has 0 amide bonds. The van der Waals surface area contributed by atoms with Crippen LogP contribution in [0.4, 0.5) is 0 Å². The Kier molecular flexibility index (Phi) is 5.48. The predicted molar refractivity (Wildman–Crippen MR) is 102 cm³/mol. The van der Waals surface area contributed by atoms with Crippen LogP contribution in [0.2, 0.25) is 16.6 Å². The van der Waals surface area contributed by atoms with Gasteiger partial charge >= 0.3 is 0 Å². The minimum atomic E-state index is -2.09. The summed E-state index contributed by atoms with van der Waals surface area (Å²) in [6, 6.07) is 3.79. The van der Waals surface area contributed by atoms with Gasteiger partial charge in [0.1, 0.15) is 0 Å². The molecule has 1 atom stereocenters. The Balaban J connectivity index is 2.61. The van der Waals surface area contributed by atoms with Crippen molar-refractivity contribution in [2.45, 2.75) is 71.5 Å². The average Bonchev–Trinajstić information content (AvgIpc) is 2.79. The van der Waals surface area contributed by atoms with Crippen molar-refractivity contribution in [2.75, 3.05) is 7.11 Å². The second-order valence-electron chi connectivity index (χ2n) is 8.01. The van der Waals surface area contributed by atoms with Crippen molar-refractivity contribution in [2.24, 2.45) is 5.92 Å². The average molecular weight is 349 g/mol. The molecule has 0 saturated heterocycles. The SMILES string of the molecule is COc1ccc2c(c1O[Si](C(C)C)(C(C)C)C(C)C)CC(C)C2=O. The number of benzene rings is 1. The highest BCUT2D eigenvalue weighted by Gasteiger charge is 2.48. The summed E-state index contributed by atoms with van der Waals surface area (Å²) in [5.74, 6) is 1.84. The van der Waals surface area contributed by atoms with Crippen molar-refractivity contribution in [3.05, 3.63) is 23.3 Å². The van der Waals surface area contributed by atoms with Crippen molar-refractivity contribution < 1.29 is 14.0 Å². The molecule has 0 bridgehead atoms. The van der Waals surface area contributed by atoms with Crippen LogP contribution in [-0.4, -0.2) is 21.2 Å². The van der Waals surface area contributed by atoms with Crippen LogP contribution in [0, 0.1) is 5.92 Å². The topological polar surface area (TPSA) is 35.5 Å². The van der Waals surface area contributed by atoms with E-state index in [0.29, 0.717) is 16.6 Å². The molecule has 0 heterocycles. The first-order valence-corrected chi connectivity index (χ1v) is 11.2. The molecule has 3 nitrogen and oxygen atoms in total. The smallest absolute Gasteiger partial charge is 0.258 e. The first-order valence-electron chi connectivity index (χ1n) is 9.09. The molecule has 2 rings (SSSR count). The van der Waals surface area contributed by atoms with Gasteiger partial charge in [0.25, 0.3) is 8.32 Å². The van der Waals surface area contributed by atoms with Gasteiger partial charge in [-0.2, -0.15) is 0 Å². The third kappa shape index (κ3) is 2.89. The molecule has 1 aromatic carbocycles. The van der Waals surface area contributed by atoms with Crippen LogP contribution in [0.25, 0.3) is 0 Å². The summed E-state index contributed by atoms with van der Waals surface area (Å²) in [4.78, 5) is 12.4. The van der Waals surface area contributed by atoms with Crippen LogP contribution in [0.15, 0.2) is 12.1 Å². The van der Waals surface area contributed by atoms with Crippen molar-refractivity contribution in [3.8, 4) is 11.5 Å². The van der Waals surface area contributed by atoms with Crippen molar-refractivity contribution in [1.29, 1.82) is 0 Å². The number of hydrogen-bond donors (Lipinski definition) is 0. The van der Waals surface area contributed by atoms with Gasteiger partial charge < -0.3 is 9.16 Å². The fourth-order valence-corrected chi connectivity index (χ4v) is 9.79. The van der Waals surface area contributed by atoms with Gasteiger partial charge in [-0.15, -0.1) is 0 Å². The molecule has 1 aliphatic rings. The third-order valence-corrected chi connectivity index (χ3v) is 11.6. The second kappa shape index (κ2) is 6.91. The summed E-state index contributed by atoms with van der Waals surface area (Å²) >= 11 is 0. The number of carbonyl (C=O) groups excluding carboxylic acids is 1. The maximum absolute atomic E-state index is 12.4. The molecule has 1 aromatic rings. The second-order valence-corrected chi connectivity index (χ2v) is 13.4. The van der Waals surface area contributed by atoms with E-state index in [0.717, 1.165) is 29.0 Å². The molecule has 24 heavy (non-hydrogen) atoms. The standard InChI is InChI=1S/C20H32O3Si/c1-12(2)24(13(3)4,14(5)6)23-20-17-11-15(7)19(21)16(17)9-10-18(20)22-8/h9-10,12-15H,11H2,1-8H3.